The zero-order valence-electron chi connectivity index (χ0n) is 20.7. The van der Waals surface area contributed by atoms with Gasteiger partial charge in [0.25, 0.3) is 0 Å². The van der Waals surface area contributed by atoms with Crippen LogP contribution in [0, 0.1) is 18.3 Å². The third kappa shape index (κ3) is 2.43. The van der Waals surface area contributed by atoms with E-state index >= 15 is 0 Å². The van der Waals surface area contributed by atoms with Crippen molar-refractivity contribution in [3.05, 3.63) is 65.9 Å². The topological polar surface area (TPSA) is 32.1 Å². The Labute approximate surface area is 201 Å². The number of aromatic nitrogens is 2. The molecule has 3 aromatic heterocycles. The van der Waals surface area contributed by atoms with Crippen LogP contribution in [-0.2, 0) is 7.05 Å². The van der Waals surface area contributed by atoms with E-state index in [-0.39, 0.29) is 0 Å². The van der Waals surface area contributed by atoms with Gasteiger partial charge in [0.1, 0.15) is 12.6 Å². The van der Waals surface area contributed by atoms with Gasteiger partial charge in [-0.05, 0) is 29.8 Å². The third-order valence-electron chi connectivity index (χ3n) is 8.61. The molecule has 0 atom stereocenters. The number of benzene rings is 3. The van der Waals surface area contributed by atoms with Gasteiger partial charge in [0.2, 0.25) is 5.52 Å². The number of nitriles is 1. The minimum absolute atomic E-state index is 0.757. The molecular formula is C30H30N3Si+. The van der Waals surface area contributed by atoms with Crippen molar-refractivity contribution in [1.29, 1.82) is 5.26 Å². The lowest BCUT2D eigenvalue weighted by Gasteiger charge is -2.29. The summed E-state index contributed by atoms with van der Waals surface area (Å²) in [6.45, 7) is 9.32. The maximum Gasteiger partial charge on any atom is 0.238 e. The van der Waals surface area contributed by atoms with Gasteiger partial charge in [-0.2, -0.15) is 9.83 Å². The molecule has 3 aromatic carbocycles. The molecule has 0 amide bonds. The van der Waals surface area contributed by atoms with Crippen molar-refractivity contribution in [2.75, 3.05) is 0 Å². The smallest absolute Gasteiger partial charge is 0.238 e. The summed E-state index contributed by atoms with van der Waals surface area (Å²) in [5.74, 6) is 0. The van der Waals surface area contributed by atoms with Crippen LogP contribution in [0.4, 0.5) is 0 Å². The van der Waals surface area contributed by atoms with Gasteiger partial charge in [0.05, 0.1) is 36.1 Å². The first-order valence-corrected chi connectivity index (χ1v) is 15.1. The lowest BCUT2D eigenvalue weighted by molar-refractivity contribution is -0.644. The molecule has 168 valence electrons. The fourth-order valence-electron chi connectivity index (χ4n) is 6.65. The molecule has 3 heterocycles. The number of para-hydroxylation sites is 1. The van der Waals surface area contributed by atoms with Gasteiger partial charge in [-0.1, -0.05) is 69.2 Å². The van der Waals surface area contributed by atoms with E-state index in [1.54, 1.807) is 5.19 Å². The van der Waals surface area contributed by atoms with Gasteiger partial charge >= 0.3 is 0 Å². The molecule has 6 rings (SSSR count). The van der Waals surface area contributed by atoms with Gasteiger partial charge in [-0.15, -0.1) is 0 Å². The Hall–Kier alpha value is -3.42. The number of rotatable bonds is 4. The summed E-state index contributed by atoms with van der Waals surface area (Å²) in [6.07, 6.45) is 2.20. The molecular weight excluding hydrogens is 430 g/mol. The Balaban J connectivity index is 2.03. The van der Waals surface area contributed by atoms with Crippen LogP contribution in [0.25, 0.3) is 49.0 Å². The monoisotopic (exact) mass is 460 g/mol. The molecule has 0 saturated carbocycles. The maximum absolute atomic E-state index is 9.96. The summed E-state index contributed by atoms with van der Waals surface area (Å²) >= 11 is 0. The molecule has 0 fully saturated rings. The zero-order valence-corrected chi connectivity index (χ0v) is 21.7. The zero-order chi connectivity index (χ0) is 23.8. The van der Waals surface area contributed by atoms with E-state index in [0.29, 0.717) is 0 Å². The van der Waals surface area contributed by atoms with Gasteiger partial charge in [-0.3, -0.25) is 0 Å². The summed E-state index contributed by atoms with van der Waals surface area (Å²) < 4.78 is 4.82. The average molecular weight is 461 g/mol. The Morgan fingerprint density at radius 2 is 1.56 bits per heavy atom. The molecule has 4 heteroatoms. The third-order valence-corrected chi connectivity index (χ3v) is 14.2. The van der Waals surface area contributed by atoms with Gasteiger partial charge in [0.15, 0.2) is 6.20 Å². The number of hydrogen-bond donors (Lipinski definition) is 0. The Morgan fingerprint density at radius 3 is 2.26 bits per heavy atom. The first-order valence-electron chi connectivity index (χ1n) is 12.4. The van der Waals surface area contributed by atoms with E-state index in [0.717, 1.165) is 16.5 Å². The number of pyridine rings is 2. The van der Waals surface area contributed by atoms with Crippen molar-refractivity contribution >= 4 is 62.3 Å². The van der Waals surface area contributed by atoms with Crippen LogP contribution in [0.15, 0.2) is 54.7 Å². The van der Waals surface area contributed by atoms with E-state index in [1.807, 2.05) is 0 Å². The van der Waals surface area contributed by atoms with E-state index in [1.165, 1.54) is 61.7 Å². The lowest BCUT2D eigenvalue weighted by Crippen LogP contribution is -2.46. The lowest BCUT2D eigenvalue weighted by atomic mass is 9.94. The second kappa shape index (κ2) is 7.29. The van der Waals surface area contributed by atoms with E-state index < -0.39 is 8.07 Å². The Morgan fingerprint density at radius 1 is 0.882 bits per heavy atom. The number of hydrogen-bond acceptors (Lipinski definition) is 1. The highest BCUT2D eigenvalue weighted by Gasteiger charge is 2.34. The molecule has 0 unspecified atom stereocenters. The quantitative estimate of drug-likeness (QED) is 0.124. The van der Waals surface area contributed by atoms with Crippen molar-refractivity contribution in [2.24, 2.45) is 7.05 Å². The number of fused-ring (bicyclic) bond motifs is 5. The molecule has 0 N–H and O–H groups in total. The summed E-state index contributed by atoms with van der Waals surface area (Å²) in [4.78, 5) is 0. The minimum Gasteiger partial charge on any atom is -0.303 e. The summed E-state index contributed by atoms with van der Waals surface area (Å²) in [7, 11) is 0.492. The highest BCUT2D eigenvalue weighted by atomic mass is 28.3. The summed E-state index contributed by atoms with van der Waals surface area (Å²) in [5, 5.41) is 17.7. The molecule has 6 aromatic rings. The fraction of sp³-hybridized carbons (Fsp3) is 0.267. The maximum atomic E-state index is 9.96. The fourth-order valence-corrected chi connectivity index (χ4v) is 10.5. The van der Waals surface area contributed by atoms with E-state index in [4.69, 9.17) is 0 Å². The number of aryl methyl sites for hydroxylation is 2. The summed E-state index contributed by atoms with van der Waals surface area (Å²) in [6, 6.07) is 24.1. The molecule has 3 nitrogen and oxygen atoms in total. The molecule has 0 bridgehead atoms. The van der Waals surface area contributed by atoms with Crippen LogP contribution < -0.4 is 9.75 Å². The van der Waals surface area contributed by atoms with E-state index in [2.05, 4.69) is 105 Å². The largest absolute Gasteiger partial charge is 0.303 e. The minimum atomic E-state index is -1.66. The Bertz CT molecular complexity index is 1790. The predicted octanol–water partition coefficient (Wildman–Crippen LogP) is 6.71. The second-order valence-electron chi connectivity index (χ2n) is 9.84. The molecule has 0 aliphatic carbocycles. The second-order valence-corrected chi connectivity index (χ2v) is 15.1. The van der Waals surface area contributed by atoms with Crippen LogP contribution in [0.1, 0.15) is 31.9 Å². The highest BCUT2D eigenvalue weighted by Crippen LogP contribution is 2.41. The molecule has 0 spiro atoms. The average Bonchev–Trinajstić information content (AvgIpc) is 3.21. The molecule has 0 radical (unpaired) electrons. The van der Waals surface area contributed by atoms with Gasteiger partial charge < -0.3 is 4.40 Å². The van der Waals surface area contributed by atoms with Gasteiger partial charge in [0, 0.05) is 27.6 Å². The van der Waals surface area contributed by atoms with Crippen molar-refractivity contribution < 1.29 is 4.57 Å². The van der Waals surface area contributed by atoms with Crippen molar-refractivity contribution in [2.45, 2.75) is 45.8 Å². The van der Waals surface area contributed by atoms with Crippen LogP contribution in [0.5, 0.6) is 0 Å². The van der Waals surface area contributed by atoms with Crippen LogP contribution in [-0.4, -0.2) is 12.5 Å². The van der Waals surface area contributed by atoms with Crippen LogP contribution in [0.2, 0.25) is 18.1 Å². The van der Waals surface area contributed by atoms with Crippen molar-refractivity contribution in [1.82, 2.24) is 4.40 Å². The predicted molar refractivity (Wildman–Crippen MR) is 146 cm³/mol. The molecule has 0 aliphatic heterocycles. The Kier molecular flexibility index (Phi) is 4.53. The molecule has 34 heavy (non-hydrogen) atoms. The van der Waals surface area contributed by atoms with Crippen molar-refractivity contribution in [3.63, 3.8) is 0 Å². The normalized spacial score (nSPS) is 12.6. The van der Waals surface area contributed by atoms with Crippen molar-refractivity contribution in [3.8, 4) is 6.07 Å². The van der Waals surface area contributed by atoms with Crippen LogP contribution >= 0.6 is 0 Å². The van der Waals surface area contributed by atoms with E-state index in [9.17, 15) is 5.26 Å². The molecule has 0 aliphatic rings. The van der Waals surface area contributed by atoms with Gasteiger partial charge in [-0.25, -0.2) is 0 Å². The molecule has 0 saturated heterocycles. The highest BCUT2D eigenvalue weighted by molar-refractivity contribution is 6.93. The standard InChI is InChI=1S/C30H30N3Si/c1-6-34(7-2,8-3)25-14-10-12-22-23-15-16-32(5)30-26-19(4)17-20(18-31)21-11-9-13-24(27(21)26)33(28(22)25)29(23)30/h9-17H,6-8H2,1-5H3/q+1. The first-order chi connectivity index (χ1) is 16.5. The number of nitrogens with zero attached hydrogens (tertiary/aromatic N) is 3. The summed E-state index contributed by atoms with van der Waals surface area (Å²) in [5.41, 5.74) is 7.07. The SMILES string of the molecule is CC[Si](CC)(CC)c1cccc2c3cc[n+](C)c4c5c(C)cc(C#N)c6cccc(c65)n(c12)c34. The first kappa shape index (κ1) is 21.1. The van der Waals surface area contributed by atoms with Crippen LogP contribution in [0.3, 0.4) is 0 Å².